The standard InChI is InChI=1S/C9H6F6.C8H6BrF3.C8H9Br.C8H6ClF3.C8H9Cl.2C7H6BrCl.2C7H6BrF.2C7H6ClF/c1-5-4-6(8(10,11)12)2-3-7(5)9(13,14)15;1-5-3-2-4-6(9)7(5)8(10,11)12;1-6-4-3-5-8(9)7(6)2;1-5-3-2-4-6(9)7(5)8(10,11)12;1-6-4-3-5-8(9)7(6)2;1-5-3-2-4-6(9)7(5)8;1-5-3-2-4-6(8)7(5)9;1-5-3-2-4-6(9)7(5)8;1-5-3-2-4-6(8)7(5)9;1-5-3-2-4-6(9)7(5)8;1-5-3-2-4-6(8)7(5)9/h2-4H,1H3;2-4H,1H3;3-5H,1-2H3;2-4H,1H3;3-5H,1-2H3;6*2-4H,1H3. The van der Waals surface area contributed by atoms with E-state index in [1.54, 1.807) is 69.3 Å². The molecule has 0 aromatic heterocycles. The molecule has 600 valence electrons. The zero-order valence-electron chi connectivity index (χ0n) is 61.1. The number of rotatable bonds is 0. The fraction of sp³-hybridized carbons (Fsp3) is 0.205. The largest absolute Gasteiger partial charge is 0.418 e. The molecular weight excluding hydrogens is 1990 g/mol. The first-order valence-electron chi connectivity index (χ1n) is 32.0. The lowest BCUT2D eigenvalue weighted by atomic mass is 10.0. The minimum absolute atomic E-state index is 0.0926. The van der Waals surface area contributed by atoms with Gasteiger partial charge in [0.2, 0.25) is 0 Å². The Labute approximate surface area is 718 Å². The Kier molecular flexibility index (Phi) is 46.6. The van der Waals surface area contributed by atoms with E-state index in [0.717, 1.165) is 47.6 Å². The van der Waals surface area contributed by atoms with E-state index in [4.69, 9.17) is 69.6 Å². The average Bonchev–Trinajstić information content (AvgIpc) is 0.903. The number of benzene rings is 11. The molecule has 0 bridgehead atoms. The van der Waals surface area contributed by atoms with E-state index in [9.17, 15) is 70.2 Å². The van der Waals surface area contributed by atoms with E-state index >= 15 is 0 Å². The second-order valence-corrected chi connectivity index (χ2v) is 30.9. The molecule has 0 spiro atoms. The van der Waals surface area contributed by atoms with Crippen LogP contribution >= 0.6 is 165 Å². The van der Waals surface area contributed by atoms with Gasteiger partial charge in [-0.3, -0.25) is 0 Å². The van der Waals surface area contributed by atoms with Gasteiger partial charge in [-0.05, 0) is 305 Å². The maximum absolute atomic E-state index is 12.7. The lowest BCUT2D eigenvalue weighted by Crippen LogP contribution is -2.10. The molecule has 0 heterocycles. The van der Waals surface area contributed by atoms with Gasteiger partial charge in [0.15, 0.2) is 0 Å². The molecule has 0 aliphatic heterocycles. The predicted octanol–water partition coefficient (Wildman–Crippen LogP) is 35.7. The van der Waals surface area contributed by atoms with Gasteiger partial charge in [0.25, 0.3) is 0 Å². The van der Waals surface area contributed by atoms with E-state index in [0.29, 0.717) is 38.3 Å². The van der Waals surface area contributed by atoms with Crippen molar-refractivity contribution in [1.29, 1.82) is 0 Å². The monoisotopic (exact) mass is 2060 g/mol. The minimum Gasteiger partial charge on any atom is -0.206 e. The van der Waals surface area contributed by atoms with Crippen molar-refractivity contribution < 1.29 is 70.2 Å². The third-order valence-electron chi connectivity index (χ3n) is 14.8. The van der Waals surface area contributed by atoms with Crippen LogP contribution in [0.5, 0.6) is 0 Å². The fourth-order valence-electron chi connectivity index (χ4n) is 8.24. The molecule has 11 rings (SSSR count). The Balaban J connectivity index is 0.000000613. The van der Waals surface area contributed by atoms with Crippen LogP contribution in [0.2, 0.25) is 30.1 Å². The van der Waals surface area contributed by atoms with Crippen molar-refractivity contribution in [2.24, 2.45) is 0 Å². The summed E-state index contributed by atoms with van der Waals surface area (Å²) in [5.74, 6) is -1.04. The van der Waals surface area contributed by atoms with E-state index in [1.165, 1.54) is 94.7 Å². The summed E-state index contributed by atoms with van der Waals surface area (Å²) in [5, 5.41) is 2.59. The van der Waals surface area contributed by atoms with Crippen LogP contribution in [0.25, 0.3) is 0 Å². The van der Waals surface area contributed by atoms with Gasteiger partial charge in [-0.15, -0.1) is 0 Å². The summed E-state index contributed by atoms with van der Waals surface area (Å²) < 4.78 is 201. The third-order valence-corrected chi connectivity index (χ3v) is 22.4. The van der Waals surface area contributed by atoms with Gasteiger partial charge in [0.1, 0.15) is 23.3 Å². The Morgan fingerprint density at radius 2 is 0.595 bits per heavy atom. The summed E-state index contributed by atoms with van der Waals surface area (Å²) in [7, 11) is 0. The lowest BCUT2D eigenvalue weighted by molar-refractivity contribution is -0.141. The Morgan fingerprint density at radius 3 is 0.892 bits per heavy atom. The molecule has 0 saturated heterocycles. The number of alkyl halides is 12. The average molecular weight is 2070 g/mol. The Morgan fingerprint density at radius 1 is 0.243 bits per heavy atom. The van der Waals surface area contributed by atoms with Gasteiger partial charge in [-0.2, -0.15) is 52.7 Å². The van der Waals surface area contributed by atoms with Crippen molar-refractivity contribution in [3.8, 4) is 0 Å². The number of halogens is 28. The summed E-state index contributed by atoms with van der Waals surface area (Å²) in [6, 6.07) is 53.6. The molecule has 11 aromatic carbocycles. The normalized spacial score (nSPS) is 10.6. The topological polar surface area (TPSA) is 0 Å². The summed E-state index contributed by atoms with van der Waals surface area (Å²) in [6.07, 6.45) is -17.9. The molecule has 0 radical (unpaired) electrons. The highest BCUT2D eigenvalue weighted by molar-refractivity contribution is 9.11. The molecular formula is C83H72Br6Cl6F16. The van der Waals surface area contributed by atoms with Crippen LogP contribution in [0.1, 0.15) is 94.6 Å². The highest BCUT2D eigenvalue weighted by Gasteiger charge is 2.37. The Hall–Kier alpha value is -5.08. The van der Waals surface area contributed by atoms with Crippen LogP contribution in [0.15, 0.2) is 227 Å². The maximum atomic E-state index is 12.7. The molecule has 111 heavy (non-hydrogen) atoms. The van der Waals surface area contributed by atoms with Crippen LogP contribution in [0, 0.1) is 113 Å². The van der Waals surface area contributed by atoms with Crippen LogP contribution in [0.4, 0.5) is 70.2 Å². The van der Waals surface area contributed by atoms with E-state index < -0.39 is 52.5 Å². The third kappa shape index (κ3) is 37.6. The molecule has 28 heteroatoms. The van der Waals surface area contributed by atoms with E-state index in [-0.39, 0.29) is 53.9 Å². The van der Waals surface area contributed by atoms with Crippen molar-refractivity contribution in [1.82, 2.24) is 0 Å². The summed E-state index contributed by atoms with van der Waals surface area (Å²) in [4.78, 5) is 0. The summed E-state index contributed by atoms with van der Waals surface area (Å²) >= 11 is 52.9. The van der Waals surface area contributed by atoms with Gasteiger partial charge >= 0.3 is 24.7 Å². The zero-order chi connectivity index (χ0) is 85.4. The van der Waals surface area contributed by atoms with Crippen LogP contribution in [-0.2, 0) is 24.7 Å². The van der Waals surface area contributed by atoms with Gasteiger partial charge in [0, 0.05) is 22.9 Å². The maximum Gasteiger partial charge on any atom is 0.418 e. The molecule has 0 N–H and O–H groups in total. The number of hydrogen-bond donors (Lipinski definition) is 0. The smallest absolute Gasteiger partial charge is 0.206 e. The molecule has 0 nitrogen and oxygen atoms in total. The first-order chi connectivity index (χ1) is 51.2. The van der Waals surface area contributed by atoms with Crippen molar-refractivity contribution in [3.63, 3.8) is 0 Å². The van der Waals surface area contributed by atoms with Crippen molar-refractivity contribution in [3.05, 3.63) is 375 Å². The van der Waals surface area contributed by atoms with E-state index in [1.807, 2.05) is 94.4 Å². The minimum atomic E-state index is -4.62. The Bertz CT molecular complexity index is 3900. The number of aryl methyl sites for hydroxylation is 11. The van der Waals surface area contributed by atoms with Gasteiger partial charge < -0.3 is 0 Å². The molecule has 0 aliphatic rings. The molecule has 0 atom stereocenters. The summed E-state index contributed by atoms with van der Waals surface area (Å²) in [5.41, 5.74) is 6.82. The molecule has 0 aliphatic carbocycles. The fourth-order valence-corrected chi connectivity index (χ4v) is 12.1. The molecule has 0 amide bonds. The number of hydrogen-bond acceptors (Lipinski definition) is 0. The van der Waals surface area contributed by atoms with E-state index in [2.05, 4.69) is 135 Å². The summed E-state index contributed by atoms with van der Waals surface area (Å²) in [6.45, 7) is 23.2. The van der Waals surface area contributed by atoms with Gasteiger partial charge in [0.05, 0.1) is 56.3 Å². The molecule has 0 fully saturated rings. The van der Waals surface area contributed by atoms with Crippen LogP contribution in [-0.4, -0.2) is 0 Å². The van der Waals surface area contributed by atoms with Crippen molar-refractivity contribution >= 4 is 165 Å². The quantitative estimate of drug-likeness (QED) is 0.133. The molecule has 0 saturated carbocycles. The zero-order valence-corrected chi connectivity index (χ0v) is 75.2. The van der Waals surface area contributed by atoms with Crippen LogP contribution in [0.3, 0.4) is 0 Å². The van der Waals surface area contributed by atoms with Gasteiger partial charge in [-0.25, -0.2) is 17.6 Å². The van der Waals surface area contributed by atoms with Crippen molar-refractivity contribution in [2.45, 2.75) is 115 Å². The second-order valence-electron chi connectivity index (χ2n) is 23.5. The van der Waals surface area contributed by atoms with Gasteiger partial charge in [-0.1, -0.05) is 223 Å². The van der Waals surface area contributed by atoms with Crippen molar-refractivity contribution in [2.75, 3.05) is 0 Å². The lowest BCUT2D eigenvalue weighted by Gasteiger charge is -2.12. The van der Waals surface area contributed by atoms with Crippen LogP contribution < -0.4 is 0 Å². The first-order valence-corrected chi connectivity index (χ1v) is 39.0. The highest BCUT2D eigenvalue weighted by Crippen LogP contribution is 2.40. The molecule has 0 unspecified atom stereocenters. The first kappa shape index (κ1) is 104. The highest BCUT2D eigenvalue weighted by atomic mass is 79.9. The second kappa shape index (κ2) is 49.7. The SMILES string of the molecule is Cc1cc(C(F)(F)F)ccc1C(F)(F)F.Cc1cccc(Br)c1C.Cc1cccc(Br)c1C(F)(F)F.Cc1cccc(Br)c1Cl.Cc1cccc(Br)c1F.Cc1cccc(Cl)c1Br.Cc1cccc(Cl)c1C.Cc1cccc(Cl)c1C(F)(F)F.Cc1cccc(Cl)c1F.Cc1cccc(F)c1Br.Cc1cccc(F)c1Cl. The molecule has 11 aromatic rings. The predicted molar refractivity (Wildman–Crippen MR) is 449 cm³/mol.